The number of allylic oxidation sites excluding steroid dienone is 1. The summed E-state index contributed by atoms with van der Waals surface area (Å²) in [5, 5.41) is 2.45. The summed E-state index contributed by atoms with van der Waals surface area (Å²) in [7, 11) is 0. The topological polar surface area (TPSA) is 43.9 Å². The lowest BCUT2D eigenvalue weighted by atomic mass is 9.90. The van der Waals surface area contributed by atoms with E-state index in [0.29, 0.717) is 19.5 Å². The van der Waals surface area contributed by atoms with Gasteiger partial charge in [-0.2, -0.15) is 13.2 Å². The molecule has 0 N–H and O–H groups in total. The average molecular weight is 379 g/mol. The van der Waals surface area contributed by atoms with Crippen LogP contribution in [-0.4, -0.2) is 50.9 Å². The van der Waals surface area contributed by atoms with Gasteiger partial charge in [0.15, 0.2) is 0 Å². The number of thiol groups is 1. The van der Waals surface area contributed by atoms with Gasteiger partial charge >= 0.3 is 6.18 Å². The minimum absolute atomic E-state index is 0.108. The predicted octanol–water partition coefficient (Wildman–Crippen LogP) is 3.15. The Kier molecular flexibility index (Phi) is 5.78. The lowest BCUT2D eigenvalue weighted by Crippen LogP contribution is -2.50. The fourth-order valence-electron chi connectivity index (χ4n) is 3.53. The van der Waals surface area contributed by atoms with Gasteiger partial charge in [-0.3, -0.25) is 9.59 Å². The first-order chi connectivity index (χ1) is 11.5. The molecule has 2 aliphatic heterocycles. The number of hydrogen-bond acceptors (Lipinski definition) is 5. The van der Waals surface area contributed by atoms with E-state index in [9.17, 15) is 22.8 Å². The summed E-state index contributed by atoms with van der Waals surface area (Å²) in [5.41, 5.74) is -0.447. The molecule has 2 heterocycles. The molecule has 0 spiro atoms. The molecule has 0 unspecified atom stereocenters. The van der Waals surface area contributed by atoms with E-state index >= 15 is 0 Å². The van der Waals surface area contributed by atoms with Gasteiger partial charge in [-0.1, -0.05) is 19.7 Å². The molecule has 1 fully saturated rings. The Morgan fingerprint density at radius 2 is 2.04 bits per heavy atom. The number of rotatable bonds is 4. The molecule has 142 valence electrons. The zero-order valence-electron chi connectivity index (χ0n) is 14.6. The first-order valence-electron chi connectivity index (χ1n) is 8.33. The van der Waals surface area contributed by atoms with Crippen molar-refractivity contribution in [1.29, 1.82) is 0 Å². The fourth-order valence-corrected chi connectivity index (χ4v) is 3.82. The molecule has 0 aromatic carbocycles. The standard InChI is InChI=1S/C16H24F3N3O2S/c1-4-21-15(2,3)9-14(24)22(21)13(23)8-12(16(17,18)19)11-6-5-7-20(25)10-11/h10,12,25H,4-9H2,1-3H3/t12-/m0/s1. The van der Waals surface area contributed by atoms with E-state index in [1.165, 1.54) is 10.5 Å². The molecule has 1 atom stereocenters. The van der Waals surface area contributed by atoms with Gasteiger partial charge in [0.25, 0.3) is 0 Å². The maximum Gasteiger partial charge on any atom is 0.395 e. The van der Waals surface area contributed by atoms with Crippen LogP contribution in [0.4, 0.5) is 13.2 Å². The molecule has 2 aliphatic rings. The zero-order valence-corrected chi connectivity index (χ0v) is 15.5. The molecule has 2 rings (SSSR count). The third-order valence-electron chi connectivity index (χ3n) is 4.68. The van der Waals surface area contributed by atoms with Gasteiger partial charge in [-0.25, -0.2) is 10.0 Å². The molecular formula is C16H24F3N3O2S. The van der Waals surface area contributed by atoms with Crippen molar-refractivity contribution in [2.75, 3.05) is 13.1 Å². The Balaban J connectivity index is 2.24. The Bertz CT molecular complexity index is 577. The minimum Gasteiger partial charge on any atom is -0.326 e. The van der Waals surface area contributed by atoms with Crippen LogP contribution in [0.25, 0.3) is 0 Å². The second-order valence-electron chi connectivity index (χ2n) is 7.07. The lowest BCUT2D eigenvalue weighted by Gasteiger charge is -2.35. The molecule has 0 aromatic heterocycles. The monoisotopic (exact) mass is 379 g/mol. The predicted molar refractivity (Wildman–Crippen MR) is 90.1 cm³/mol. The van der Waals surface area contributed by atoms with Gasteiger partial charge in [-0.15, -0.1) is 0 Å². The molecule has 1 saturated heterocycles. The van der Waals surface area contributed by atoms with Crippen molar-refractivity contribution in [3.8, 4) is 0 Å². The number of carbonyl (C=O) groups is 2. The highest BCUT2D eigenvalue weighted by Crippen LogP contribution is 2.39. The third kappa shape index (κ3) is 4.31. The normalized spacial score (nSPS) is 23.0. The highest BCUT2D eigenvalue weighted by atomic mass is 32.1. The van der Waals surface area contributed by atoms with Crippen LogP contribution in [0.2, 0.25) is 0 Å². The van der Waals surface area contributed by atoms with Crippen molar-refractivity contribution in [1.82, 2.24) is 14.3 Å². The van der Waals surface area contributed by atoms with E-state index < -0.39 is 35.9 Å². The summed E-state index contributed by atoms with van der Waals surface area (Å²) in [6.45, 7) is 6.29. The summed E-state index contributed by atoms with van der Waals surface area (Å²) in [5.74, 6) is -3.16. The Morgan fingerprint density at radius 3 is 2.56 bits per heavy atom. The number of amides is 2. The first kappa shape index (κ1) is 20.1. The first-order valence-corrected chi connectivity index (χ1v) is 8.73. The van der Waals surface area contributed by atoms with Crippen molar-refractivity contribution in [2.45, 2.75) is 58.2 Å². The van der Waals surface area contributed by atoms with Crippen molar-refractivity contribution < 1.29 is 22.8 Å². The quantitative estimate of drug-likeness (QED) is 0.762. The maximum atomic E-state index is 13.6. The minimum atomic E-state index is -4.55. The SMILES string of the molecule is CCN1N(C(=O)C[C@@H](C2=CN(S)CCC2)C(F)(F)F)C(=O)CC1(C)C. The van der Waals surface area contributed by atoms with Gasteiger partial charge in [0.05, 0.1) is 5.92 Å². The summed E-state index contributed by atoms with van der Waals surface area (Å²) in [6.07, 6.45) is -3.04. The molecule has 0 saturated carbocycles. The van der Waals surface area contributed by atoms with Crippen LogP contribution < -0.4 is 0 Å². The van der Waals surface area contributed by atoms with E-state index in [1.807, 2.05) is 0 Å². The molecule has 0 aliphatic carbocycles. The second-order valence-corrected chi connectivity index (χ2v) is 7.59. The molecule has 2 amide bonds. The van der Waals surface area contributed by atoms with E-state index in [0.717, 1.165) is 5.01 Å². The van der Waals surface area contributed by atoms with Gasteiger partial charge in [0.2, 0.25) is 11.8 Å². The van der Waals surface area contributed by atoms with Crippen LogP contribution in [0.1, 0.15) is 46.5 Å². The van der Waals surface area contributed by atoms with Gasteiger partial charge < -0.3 is 4.31 Å². The number of carbonyl (C=O) groups excluding carboxylic acids is 2. The van der Waals surface area contributed by atoms with Crippen LogP contribution in [0, 0.1) is 5.92 Å². The fraction of sp³-hybridized carbons (Fsp3) is 0.750. The van der Waals surface area contributed by atoms with E-state index in [-0.39, 0.29) is 18.4 Å². The molecule has 0 bridgehead atoms. The maximum absolute atomic E-state index is 13.6. The Hall–Kier alpha value is -1.22. The van der Waals surface area contributed by atoms with Crippen molar-refractivity contribution in [2.24, 2.45) is 5.92 Å². The van der Waals surface area contributed by atoms with Crippen molar-refractivity contribution >= 4 is 24.6 Å². The highest BCUT2D eigenvalue weighted by Gasteiger charge is 2.49. The van der Waals surface area contributed by atoms with Crippen molar-refractivity contribution in [3.05, 3.63) is 11.8 Å². The van der Waals surface area contributed by atoms with Gasteiger partial charge in [0.1, 0.15) is 0 Å². The second kappa shape index (κ2) is 7.19. The number of nitrogens with zero attached hydrogens (tertiary/aromatic N) is 3. The summed E-state index contributed by atoms with van der Waals surface area (Å²) < 4.78 is 42.1. The number of hydrogen-bond donors (Lipinski definition) is 1. The van der Waals surface area contributed by atoms with Crippen LogP contribution >= 0.6 is 12.8 Å². The summed E-state index contributed by atoms with van der Waals surface area (Å²) >= 11 is 4.09. The number of halogens is 3. The summed E-state index contributed by atoms with van der Waals surface area (Å²) in [4.78, 5) is 24.8. The molecule has 0 aromatic rings. The van der Waals surface area contributed by atoms with Crippen LogP contribution in [0.3, 0.4) is 0 Å². The van der Waals surface area contributed by atoms with E-state index in [1.54, 1.807) is 25.8 Å². The molecule has 9 heteroatoms. The van der Waals surface area contributed by atoms with E-state index in [2.05, 4.69) is 12.8 Å². The molecular weight excluding hydrogens is 355 g/mol. The molecule has 5 nitrogen and oxygen atoms in total. The molecule has 25 heavy (non-hydrogen) atoms. The Morgan fingerprint density at radius 1 is 1.40 bits per heavy atom. The molecule has 0 radical (unpaired) electrons. The largest absolute Gasteiger partial charge is 0.395 e. The van der Waals surface area contributed by atoms with Crippen molar-refractivity contribution in [3.63, 3.8) is 0 Å². The van der Waals surface area contributed by atoms with Gasteiger partial charge in [-0.05, 0) is 32.3 Å². The number of alkyl halides is 3. The van der Waals surface area contributed by atoms with Crippen LogP contribution in [-0.2, 0) is 9.59 Å². The number of hydrazine groups is 1. The van der Waals surface area contributed by atoms with E-state index in [4.69, 9.17) is 0 Å². The van der Waals surface area contributed by atoms with Crippen LogP contribution in [0.15, 0.2) is 11.8 Å². The zero-order chi connectivity index (χ0) is 19.0. The lowest BCUT2D eigenvalue weighted by molar-refractivity contribution is -0.180. The summed E-state index contributed by atoms with van der Waals surface area (Å²) in [6, 6.07) is 0. The number of imide groups is 1. The third-order valence-corrected chi connectivity index (χ3v) is 5.00. The van der Waals surface area contributed by atoms with Crippen LogP contribution in [0.5, 0.6) is 0 Å². The smallest absolute Gasteiger partial charge is 0.326 e. The Labute approximate surface area is 151 Å². The van der Waals surface area contributed by atoms with Gasteiger partial charge in [0, 0.05) is 37.7 Å². The average Bonchev–Trinajstić information content (AvgIpc) is 2.71. The highest BCUT2D eigenvalue weighted by molar-refractivity contribution is 7.77.